The summed E-state index contributed by atoms with van der Waals surface area (Å²) in [6, 6.07) is 12.2. The van der Waals surface area contributed by atoms with E-state index < -0.39 is 51.6 Å². The van der Waals surface area contributed by atoms with Gasteiger partial charge in [0.1, 0.15) is 17.2 Å². The Hall–Kier alpha value is -3.82. The average Bonchev–Trinajstić information content (AvgIpc) is 2.90. The lowest BCUT2D eigenvalue weighted by Crippen LogP contribution is -2.55. The number of alkyl halides is 4. The number of nitriles is 1. The number of carbonyl (C=O) groups is 1. The predicted octanol–water partition coefficient (Wildman–Crippen LogP) is 5.41. The van der Waals surface area contributed by atoms with Crippen LogP contribution < -0.4 is 10.6 Å². The zero-order chi connectivity index (χ0) is 30.6. The van der Waals surface area contributed by atoms with E-state index in [0.29, 0.717) is 16.7 Å². The number of carbonyl (C=O) groups excluding carboxylic acids is 1. The first kappa shape index (κ1) is 31.7. The maximum absolute atomic E-state index is 14.7. The Morgan fingerprint density at radius 2 is 1.44 bits per heavy atom. The largest absolute Gasteiger partial charge is 0.407 e. The summed E-state index contributed by atoms with van der Waals surface area (Å²) in [7, 11) is -3.41. The van der Waals surface area contributed by atoms with E-state index >= 15 is 0 Å². The van der Waals surface area contributed by atoms with Crippen molar-refractivity contribution in [1.82, 2.24) is 15.6 Å². The van der Waals surface area contributed by atoms with Crippen molar-refractivity contribution in [3.05, 3.63) is 84.2 Å². The van der Waals surface area contributed by atoms with E-state index in [1.807, 2.05) is 6.07 Å². The highest BCUT2D eigenvalue weighted by molar-refractivity contribution is 7.90. The minimum absolute atomic E-state index is 0.107. The summed E-state index contributed by atoms with van der Waals surface area (Å²) in [6.45, 7) is 3.68. The van der Waals surface area contributed by atoms with Crippen LogP contribution in [0.3, 0.4) is 0 Å². The molecule has 0 bridgehead atoms. The summed E-state index contributed by atoms with van der Waals surface area (Å²) < 4.78 is 81.0. The third kappa shape index (κ3) is 8.34. The van der Waals surface area contributed by atoms with Crippen molar-refractivity contribution in [2.45, 2.75) is 61.6 Å². The van der Waals surface area contributed by atoms with Gasteiger partial charge in [0.15, 0.2) is 9.84 Å². The van der Waals surface area contributed by atoms with E-state index in [-0.39, 0.29) is 10.5 Å². The van der Waals surface area contributed by atoms with Gasteiger partial charge in [-0.15, -0.1) is 0 Å². The van der Waals surface area contributed by atoms with Gasteiger partial charge in [0, 0.05) is 25.1 Å². The van der Waals surface area contributed by atoms with E-state index in [9.17, 15) is 36.0 Å². The molecular formula is C29H30F4N4O3S. The first-order valence-electron chi connectivity index (χ1n) is 12.5. The molecule has 2 aromatic carbocycles. The number of hydrogen-bond acceptors (Lipinski definition) is 6. The SMILES string of the molecule is CC(C)(F)C[C@H](N[C@@H](c1ccc(-c2ccc(S(C)(=O)=O)cc2)cc1)C(F)(F)F)C(=O)N[C@](C)(C#N)c1ccncc1. The Kier molecular flexibility index (Phi) is 9.25. The summed E-state index contributed by atoms with van der Waals surface area (Å²) in [6.07, 6.45) is -1.59. The molecule has 12 heteroatoms. The second kappa shape index (κ2) is 12.0. The van der Waals surface area contributed by atoms with Crippen LogP contribution in [0.15, 0.2) is 78.0 Å². The van der Waals surface area contributed by atoms with E-state index in [1.165, 1.54) is 67.8 Å². The quantitative estimate of drug-likeness (QED) is 0.306. The number of nitrogens with one attached hydrogen (secondary N) is 2. The first-order chi connectivity index (χ1) is 18.9. The number of amides is 1. The Labute approximate surface area is 236 Å². The number of halogens is 4. The Balaban J connectivity index is 1.91. The smallest absolute Gasteiger partial charge is 0.333 e. The number of aromatic nitrogens is 1. The predicted molar refractivity (Wildman–Crippen MR) is 146 cm³/mol. The van der Waals surface area contributed by atoms with Crippen LogP contribution in [0.25, 0.3) is 11.1 Å². The molecule has 3 atom stereocenters. The van der Waals surface area contributed by atoms with Crippen LogP contribution in [0.4, 0.5) is 17.6 Å². The molecule has 41 heavy (non-hydrogen) atoms. The third-order valence-electron chi connectivity index (χ3n) is 6.42. The molecule has 0 aliphatic carbocycles. The molecule has 0 unspecified atom stereocenters. The second-order valence-corrected chi connectivity index (χ2v) is 12.5. The van der Waals surface area contributed by atoms with Crippen molar-refractivity contribution in [3.8, 4) is 17.2 Å². The van der Waals surface area contributed by atoms with Crippen LogP contribution in [-0.2, 0) is 20.2 Å². The molecular weight excluding hydrogens is 560 g/mol. The molecule has 3 rings (SSSR count). The number of rotatable bonds is 10. The molecule has 218 valence electrons. The van der Waals surface area contributed by atoms with Crippen LogP contribution >= 0.6 is 0 Å². The van der Waals surface area contributed by atoms with Crippen LogP contribution in [-0.4, -0.2) is 43.5 Å². The van der Waals surface area contributed by atoms with Gasteiger partial charge in [-0.05, 0) is 67.3 Å². The van der Waals surface area contributed by atoms with E-state index in [2.05, 4.69) is 15.6 Å². The van der Waals surface area contributed by atoms with E-state index in [4.69, 9.17) is 0 Å². The van der Waals surface area contributed by atoms with Gasteiger partial charge in [-0.1, -0.05) is 36.4 Å². The summed E-state index contributed by atoms with van der Waals surface area (Å²) >= 11 is 0. The molecule has 3 aromatic rings. The molecule has 0 aliphatic heterocycles. The molecule has 1 amide bonds. The second-order valence-electron chi connectivity index (χ2n) is 10.5. The minimum atomic E-state index is -4.86. The Morgan fingerprint density at radius 1 is 0.927 bits per heavy atom. The lowest BCUT2D eigenvalue weighted by Gasteiger charge is -2.32. The summed E-state index contributed by atoms with van der Waals surface area (Å²) in [5, 5.41) is 14.5. The maximum atomic E-state index is 14.7. The molecule has 7 nitrogen and oxygen atoms in total. The summed E-state index contributed by atoms with van der Waals surface area (Å²) in [5.74, 6) is -0.978. The van der Waals surface area contributed by atoms with Crippen molar-refractivity contribution in [1.29, 1.82) is 5.26 Å². The van der Waals surface area contributed by atoms with Crippen molar-refractivity contribution in [2.75, 3.05) is 6.26 Å². The standard InChI is InChI=1S/C29H30F4N4O3S/c1-27(2,30)17-24(26(38)37-28(3,18-34)22-13-15-35-16-14-22)36-25(29(31,32)33)21-7-5-19(6-8-21)20-9-11-23(12-10-20)41(4,39)40/h5-16,24-25,36H,17H2,1-4H3,(H,37,38)/t24-,25-,28+/m0/s1. The third-order valence-corrected chi connectivity index (χ3v) is 7.54. The maximum Gasteiger partial charge on any atom is 0.407 e. The van der Waals surface area contributed by atoms with Gasteiger partial charge in [0.05, 0.1) is 17.0 Å². The van der Waals surface area contributed by atoms with Crippen molar-refractivity contribution in [3.63, 3.8) is 0 Å². The molecule has 0 radical (unpaired) electrons. The molecule has 1 heterocycles. The zero-order valence-electron chi connectivity index (χ0n) is 22.8. The normalized spacial score (nSPS) is 15.3. The van der Waals surface area contributed by atoms with Gasteiger partial charge in [0.25, 0.3) is 0 Å². The highest BCUT2D eigenvalue weighted by Gasteiger charge is 2.44. The lowest BCUT2D eigenvalue weighted by molar-refractivity contribution is -0.161. The molecule has 1 aromatic heterocycles. The zero-order valence-corrected chi connectivity index (χ0v) is 23.6. The Morgan fingerprint density at radius 3 is 1.88 bits per heavy atom. The molecule has 0 fully saturated rings. The van der Waals surface area contributed by atoms with Gasteiger partial charge in [0.2, 0.25) is 5.91 Å². The summed E-state index contributed by atoms with van der Waals surface area (Å²) in [5.41, 5.74) is -2.37. The fourth-order valence-electron chi connectivity index (χ4n) is 4.24. The molecule has 0 aliphatic rings. The number of nitrogens with zero attached hydrogens (tertiary/aromatic N) is 2. The Bertz CT molecular complexity index is 1500. The van der Waals surface area contributed by atoms with Crippen molar-refractivity contribution in [2.24, 2.45) is 0 Å². The van der Waals surface area contributed by atoms with Crippen molar-refractivity contribution < 1.29 is 30.8 Å². The molecule has 2 N–H and O–H groups in total. The number of hydrogen-bond donors (Lipinski definition) is 2. The first-order valence-corrected chi connectivity index (χ1v) is 14.4. The highest BCUT2D eigenvalue weighted by Crippen LogP contribution is 2.35. The van der Waals surface area contributed by atoms with Crippen molar-refractivity contribution >= 4 is 15.7 Å². The van der Waals surface area contributed by atoms with Crippen LogP contribution in [0.1, 0.15) is 44.4 Å². The van der Waals surface area contributed by atoms with Crippen LogP contribution in [0.5, 0.6) is 0 Å². The van der Waals surface area contributed by atoms with Crippen LogP contribution in [0.2, 0.25) is 0 Å². The summed E-state index contributed by atoms with van der Waals surface area (Å²) in [4.78, 5) is 17.3. The average molecular weight is 591 g/mol. The fourth-order valence-corrected chi connectivity index (χ4v) is 4.87. The van der Waals surface area contributed by atoms with E-state index in [1.54, 1.807) is 12.1 Å². The molecule has 0 saturated heterocycles. The topological polar surface area (TPSA) is 112 Å². The number of sulfone groups is 1. The van der Waals surface area contributed by atoms with Gasteiger partial charge >= 0.3 is 6.18 Å². The fraction of sp³-hybridized carbons (Fsp3) is 0.345. The number of benzene rings is 2. The number of pyridine rings is 1. The monoisotopic (exact) mass is 590 g/mol. The van der Waals surface area contributed by atoms with Gasteiger partial charge in [-0.2, -0.15) is 18.4 Å². The molecule has 0 saturated carbocycles. The van der Waals surface area contributed by atoms with Crippen LogP contribution in [0, 0.1) is 11.3 Å². The van der Waals surface area contributed by atoms with Gasteiger partial charge in [-0.25, -0.2) is 12.8 Å². The van der Waals surface area contributed by atoms with Gasteiger partial charge < -0.3 is 5.32 Å². The van der Waals surface area contributed by atoms with Gasteiger partial charge in [-0.3, -0.25) is 15.1 Å². The van der Waals surface area contributed by atoms with E-state index in [0.717, 1.165) is 20.1 Å². The lowest BCUT2D eigenvalue weighted by atomic mass is 9.92. The molecule has 0 spiro atoms. The minimum Gasteiger partial charge on any atom is -0.333 e. The highest BCUT2D eigenvalue weighted by atomic mass is 32.2.